The molecule has 4 rings (SSSR count). The summed E-state index contributed by atoms with van der Waals surface area (Å²) >= 11 is 0. The van der Waals surface area contributed by atoms with Gasteiger partial charge in [0, 0.05) is 55.6 Å². The average Bonchev–Trinajstić information content (AvgIpc) is 2.84. The minimum Gasteiger partial charge on any atom is -0.354 e. The molecular formula is C26H31N5O3S. The second-order valence-electron chi connectivity index (χ2n) is 8.99. The number of hydrogen-bond donors (Lipinski definition) is 1. The summed E-state index contributed by atoms with van der Waals surface area (Å²) in [6, 6.07) is 16.2. The van der Waals surface area contributed by atoms with E-state index in [9.17, 15) is 13.2 Å². The molecule has 0 unspecified atom stereocenters. The van der Waals surface area contributed by atoms with Crippen molar-refractivity contribution in [2.45, 2.75) is 38.5 Å². The van der Waals surface area contributed by atoms with Crippen molar-refractivity contribution >= 4 is 27.4 Å². The zero-order chi connectivity index (χ0) is 25.2. The molecule has 0 radical (unpaired) electrons. The minimum atomic E-state index is -3.64. The molecular weight excluding hydrogens is 462 g/mol. The van der Waals surface area contributed by atoms with Crippen LogP contribution in [0.2, 0.25) is 0 Å². The third-order valence-electron chi connectivity index (χ3n) is 6.08. The number of hydrogen-bond acceptors (Lipinski definition) is 6. The quantitative estimate of drug-likeness (QED) is 0.557. The first-order valence-electron chi connectivity index (χ1n) is 11.7. The van der Waals surface area contributed by atoms with E-state index in [4.69, 9.17) is 9.97 Å². The van der Waals surface area contributed by atoms with E-state index in [1.807, 2.05) is 37.3 Å². The van der Waals surface area contributed by atoms with Crippen molar-refractivity contribution in [3.8, 4) is 11.4 Å². The van der Waals surface area contributed by atoms with Crippen LogP contribution in [-0.2, 0) is 14.8 Å². The molecule has 3 aromatic rings. The molecule has 35 heavy (non-hydrogen) atoms. The van der Waals surface area contributed by atoms with Gasteiger partial charge < -0.3 is 10.2 Å². The fraction of sp³-hybridized carbons (Fsp3) is 0.346. The number of piperazine rings is 1. The third-order valence-corrected chi connectivity index (χ3v) is 7.99. The lowest BCUT2D eigenvalue weighted by Gasteiger charge is -2.36. The zero-order valence-electron chi connectivity index (χ0n) is 20.5. The minimum absolute atomic E-state index is 0.201. The van der Waals surface area contributed by atoms with Crippen LogP contribution in [0.25, 0.3) is 11.4 Å². The molecule has 2 heterocycles. The molecule has 1 saturated heterocycles. The molecule has 0 spiro atoms. The molecule has 0 atom stereocenters. The van der Waals surface area contributed by atoms with E-state index in [0.717, 1.165) is 22.6 Å². The van der Waals surface area contributed by atoms with Gasteiger partial charge in [0.2, 0.25) is 15.9 Å². The lowest BCUT2D eigenvalue weighted by atomic mass is 10.0. The summed E-state index contributed by atoms with van der Waals surface area (Å²) in [7, 11) is -3.64. The van der Waals surface area contributed by atoms with E-state index in [-0.39, 0.29) is 16.7 Å². The highest BCUT2D eigenvalue weighted by atomic mass is 32.2. The van der Waals surface area contributed by atoms with E-state index < -0.39 is 10.0 Å². The molecule has 1 amide bonds. The molecule has 184 valence electrons. The molecule has 1 aliphatic rings. The lowest BCUT2D eigenvalue weighted by molar-refractivity contribution is -0.114. The largest absolute Gasteiger partial charge is 0.354 e. The summed E-state index contributed by atoms with van der Waals surface area (Å²) in [5.74, 6) is 1.59. The summed E-state index contributed by atoms with van der Waals surface area (Å²) in [4.78, 5) is 23.3. The lowest BCUT2D eigenvalue weighted by Crippen LogP contribution is -2.49. The molecule has 1 aromatic heterocycles. The van der Waals surface area contributed by atoms with Gasteiger partial charge in [-0.1, -0.05) is 44.2 Å². The number of carbonyl (C=O) groups is 1. The van der Waals surface area contributed by atoms with Gasteiger partial charge in [-0.25, -0.2) is 18.4 Å². The molecule has 0 aliphatic carbocycles. The molecule has 1 fully saturated rings. The Labute approximate surface area is 207 Å². The SMILES string of the molecule is CC(=O)Nc1ccc(S(=O)(=O)N2CCN(c3nc(-c4ccccc4)nc(C)c3C(C)C)CC2)cc1. The summed E-state index contributed by atoms with van der Waals surface area (Å²) < 4.78 is 28.0. The maximum Gasteiger partial charge on any atom is 0.243 e. The Morgan fingerprint density at radius 1 is 0.943 bits per heavy atom. The van der Waals surface area contributed by atoms with Crippen LogP contribution >= 0.6 is 0 Å². The smallest absolute Gasteiger partial charge is 0.243 e. The van der Waals surface area contributed by atoms with Gasteiger partial charge in [0.05, 0.1) is 4.90 Å². The predicted octanol–water partition coefficient (Wildman–Crippen LogP) is 4.04. The topological polar surface area (TPSA) is 95.5 Å². The number of anilines is 2. The predicted molar refractivity (Wildman–Crippen MR) is 138 cm³/mol. The van der Waals surface area contributed by atoms with Crippen molar-refractivity contribution in [3.05, 3.63) is 65.9 Å². The Morgan fingerprint density at radius 2 is 1.57 bits per heavy atom. The summed E-state index contributed by atoms with van der Waals surface area (Å²) in [5.41, 5.74) is 3.56. The number of carbonyl (C=O) groups excluding carboxylic acids is 1. The number of nitrogens with one attached hydrogen (secondary N) is 1. The molecule has 8 nitrogen and oxygen atoms in total. The van der Waals surface area contributed by atoms with Crippen LogP contribution in [0, 0.1) is 6.92 Å². The van der Waals surface area contributed by atoms with Crippen LogP contribution in [0.4, 0.5) is 11.5 Å². The van der Waals surface area contributed by atoms with Crippen molar-refractivity contribution in [2.75, 3.05) is 36.4 Å². The maximum atomic E-state index is 13.2. The number of benzene rings is 2. The van der Waals surface area contributed by atoms with E-state index >= 15 is 0 Å². The van der Waals surface area contributed by atoms with Crippen LogP contribution in [0.5, 0.6) is 0 Å². The number of aryl methyl sites for hydroxylation is 1. The van der Waals surface area contributed by atoms with Crippen LogP contribution in [0.15, 0.2) is 59.5 Å². The first kappa shape index (κ1) is 24.8. The average molecular weight is 494 g/mol. The number of sulfonamides is 1. The third kappa shape index (κ3) is 5.36. The molecule has 1 N–H and O–H groups in total. The molecule has 0 saturated carbocycles. The number of aromatic nitrogens is 2. The summed E-state index contributed by atoms with van der Waals surface area (Å²) in [6.07, 6.45) is 0. The Kier molecular flexibility index (Phi) is 7.18. The Hall–Kier alpha value is -3.30. The second kappa shape index (κ2) is 10.1. The second-order valence-corrected chi connectivity index (χ2v) is 10.9. The highest BCUT2D eigenvalue weighted by Gasteiger charge is 2.30. The highest BCUT2D eigenvalue weighted by molar-refractivity contribution is 7.89. The van der Waals surface area contributed by atoms with Crippen molar-refractivity contribution < 1.29 is 13.2 Å². The zero-order valence-corrected chi connectivity index (χ0v) is 21.3. The standard InChI is InChI=1S/C26H31N5O3S/c1-18(2)24-19(3)27-25(21-8-6-5-7-9-21)29-26(24)30-14-16-31(17-15-30)35(33,34)23-12-10-22(11-13-23)28-20(4)32/h5-13,18H,14-17H2,1-4H3,(H,28,32). The van der Waals surface area contributed by atoms with Gasteiger partial charge in [-0.15, -0.1) is 0 Å². The van der Waals surface area contributed by atoms with E-state index in [2.05, 4.69) is 24.1 Å². The highest BCUT2D eigenvalue weighted by Crippen LogP contribution is 2.32. The van der Waals surface area contributed by atoms with Crippen molar-refractivity contribution in [3.63, 3.8) is 0 Å². The monoisotopic (exact) mass is 493 g/mol. The molecule has 2 aromatic carbocycles. The Balaban J connectivity index is 1.56. The van der Waals surface area contributed by atoms with Gasteiger partial charge in [0.25, 0.3) is 0 Å². The first-order chi connectivity index (χ1) is 16.7. The maximum absolute atomic E-state index is 13.2. The summed E-state index contributed by atoms with van der Waals surface area (Å²) in [6.45, 7) is 9.47. The van der Waals surface area contributed by atoms with Crippen LogP contribution in [0.1, 0.15) is 37.9 Å². The van der Waals surface area contributed by atoms with Gasteiger partial charge in [-0.05, 0) is 37.1 Å². The van der Waals surface area contributed by atoms with Crippen molar-refractivity contribution in [2.24, 2.45) is 0 Å². The van der Waals surface area contributed by atoms with Gasteiger partial charge in [0.1, 0.15) is 5.82 Å². The van der Waals surface area contributed by atoms with Gasteiger partial charge in [0.15, 0.2) is 5.82 Å². The molecule has 1 aliphatic heterocycles. The van der Waals surface area contributed by atoms with Gasteiger partial charge in [-0.3, -0.25) is 4.79 Å². The number of nitrogens with zero attached hydrogens (tertiary/aromatic N) is 4. The fourth-order valence-electron chi connectivity index (χ4n) is 4.40. The Morgan fingerprint density at radius 3 is 2.14 bits per heavy atom. The first-order valence-corrected chi connectivity index (χ1v) is 13.2. The van der Waals surface area contributed by atoms with Crippen LogP contribution in [-0.4, -0.2) is 54.8 Å². The summed E-state index contributed by atoms with van der Waals surface area (Å²) in [5, 5.41) is 2.66. The van der Waals surface area contributed by atoms with E-state index in [1.54, 1.807) is 12.1 Å². The van der Waals surface area contributed by atoms with Gasteiger partial charge >= 0.3 is 0 Å². The fourth-order valence-corrected chi connectivity index (χ4v) is 5.82. The van der Waals surface area contributed by atoms with Crippen LogP contribution < -0.4 is 10.2 Å². The van der Waals surface area contributed by atoms with Crippen molar-refractivity contribution in [1.82, 2.24) is 14.3 Å². The van der Waals surface area contributed by atoms with E-state index in [1.165, 1.54) is 23.4 Å². The normalized spacial score (nSPS) is 14.8. The number of rotatable bonds is 6. The molecule has 0 bridgehead atoms. The van der Waals surface area contributed by atoms with Gasteiger partial charge in [-0.2, -0.15) is 4.31 Å². The van der Waals surface area contributed by atoms with E-state index in [0.29, 0.717) is 37.7 Å². The number of amides is 1. The van der Waals surface area contributed by atoms with Crippen LogP contribution in [0.3, 0.4) is 0 Å². The van der Waals surface area contributed by atoms with Crippen molar-refractivity contribution in [1.29, 1.82) is 0 Å². The Bertz CT molecular complexity index is 1300. The molecule has 9 heteroatoms.